The Labute approximate surface area is 66.4 Å². The van der Waals surface area contributed by atoms with E-state index in [4.69, 9.17) is 0 Å². The topological polar surface area (TPSA) is 37.4 Å². The number of aldehydes is 1. The highest BCUT2D eigenvalue weighted by Gasteiger charge is 2.30. The number of hydrogen-bond donors (Lipinski definition) is 0. The van der Waals surface area contributed by atoms with Crippen molar-refractivity contribution in [3.63, 3.8) is 0 Å². The smallest absolute Gasteiger partial charge is 0.223 e. The quantitative estimate of drug-likeness (QED) is 0.543. The second kappa shape index (κ2) is 3.03. The maximum atomic E-state index is 11.2. The Hall–Kier alpha value is -0.860. The summed E-state index contributed by atoms with van der Waals surface area (Å²) < 4.78 is 0. The van der Waals surface area contributed by atoms with Gasteiger partial charge in [0.25, 0.3) is 0 Å². The predicted molar refractivity (Wildman–Crippen MR) is 41.0 cm³/mol. The lowest BCUT2D eigenvalue weighted by Crippen LogP contribution is -2.32. The van der Waals surface area contributed by atoms with Gasteiger partial charge < -0.3 is 9.69 Å². The van der Waals surface area contributed by atoms with Gasteiger partial charge in [0.2, 0.25) is 5.91 Å². The zero-order valence-electron chi connectivity index (χ0n) is 6.91. The molecule has 3 heteroatoms. The van der Waals surface area contributed by atoms with E-state index in [1.807, 2.05) is 13.8 Å². The fourth-order valence-corrected chi connectivity index (χ4v) is 1.35. The zero-order chi connectivity index (χ0) is 8.43. The van der Waals surface area contributed by atoms with Gasteiger partial charge in [-0.15, -0.1) is 0 Å². The van der Waals surface area contributed by atoms with Crippen molar-refractivity contribution in [3.8, 4) is 0 Å². The molecule has 3 nitrogen and oxygen atoms in total. The molecule has 0 radical (unpaired) electrons. The van der Waals surface area contributed by atoms with Crippen LogP contribution in [0.25, 0.3) is 0 Å². The molecule has 1 aliphatic heterocycles. The molecule has 1 fully saturated rings. The number of amides is 1. The molecule has 1 rings (SSSR count). The lowest BCUT2D eigenvalue weighted by molar-refractivity contribution is -0.129. The summed E-state index contributed by atoms with van der Waals surface area (Å²) >= 11 is 0. The first kappa shape index (κ1) is 8.24. The van der Waals surface area contributed by atoms with Crippen LogP contribution in [0.2, 0.25) is 0 Å². The number of rotatable bonds is 2. The van der Waals surface area contributed by atoms with Gasteiger partial charge in [-0.1, -0.05) is 0 Å². The van der Waals surface area contributed by atoms with Crippen molar-refractivity contribution in [3.05, 3.63) is 0 Å². The van der Waals surface area contributed by atoms with Crippen LogP contribution < -0.4 is 0 Å². The second-order valence-electron chi connectivity index (χ2n) is 3.24. The largest absolute Gasteiger partial charge is 0.340 e. The Kier molecular flexibility index (Phi) is 2.27. The molecule has 11 heavy (non-hydrogen) atoms. The summed E-state index contributed by atoms with van der Waals surface area (Å²) in [6.45, 7) is 4.54. The Morgan fingerprint density at radius 1 is 1.64 bits per heavy atom. The lowest BCUT2D eigenvalue weighted by Gasteiger charge is -2.19. The first-order chi connectivity index (χ1) is 5.15. The maximum Gasteiger partial charge on any atom is 0.223 e. The van der Waals surface area contributed by atoms with E-state index >= 15 is 0 Å². The van der Waals surface area contributed by atoms with Crippen molar-refractivity contribution < 1.29 is 9.59 Å². The molecular formula is C8H13NO2. The molecule has 0 spiro atoms. The molecular weight excluding hydrogens is 142 g/mol. The number of carbonyl (C=O) groups is 2. The molecule has 0 aromatic carbocycles. The van der Waals surface area contributed by atoms with Crippen LogP contribution in [0.4, 0.5) is 0 Å². The van der Waals surface area contributed by atoms with Gasteiger partial charge in [0.15, 0.2) is 0 Å². The molecule has 0 N–H and O–H groups in total. The van der Waals surface area contributed by atoms with E-state index in [2.05, 4.69) is 0 Å². The molecule has 0 aliphatic carbocycles. The summed E-state index contributed by atoms with van der Waals surface area (Å²) in [5.41, 5.74) is 0. The van der Waals surface area contributed by atoms with Gasteiger partial charge >= 0.3 is 0 Å². The SMILES string of the molecule is CC(C)N1C[C@H](C=O)CC1=O. The van der Waals surface area contributed by atoms with Crippen LogP contribution in [0.3, 0.4) is 0 Å². The van der Waals surface area contributed by atoms with E-state index in [1.54, 1.807) is 4.90 Å². The Morgan fingerprint density at radius 2 is 2.27 bits per heavy atom. The van der Waals surface area contributed by atoms with Gasteiger partial charge in [-0.2, -0.15) is 0 Å². The Balaban J connectivity index is 2.58. The molecule has 0 unspecified atom stereocenters. The number of nitrogens with zero attached hydrogens (tertiary/aromatic N) is 1. The minimum Gasteiger partial charge on any atom is -0.340 e. The standard InChI is InChI=1S/C8H13NO2/c1-6(2)9-4-7(5-10)3-8(9)11/h5-7H,3-4H2,1-2H3/t7-/m1/s1. The van der Waals surface area contributed by atoms with Crippen molar-refractivity contribution in [1.29, 1.82) is 0 Å². The van der Waals surface area contributed by atoms with Crippen molar-refractivity contribution in [1.82, 2.24) is 4.90 Å². The van der Waals surface area contributed by atoms with Gasteiger partial charge in [0, 0.05) is 24.9 Å². The number of hydrogen-bond acceptors (Lipinski definition) is 2. The maximum absolute atomic E-state index is 11.2. The highest BCUT2D eigenvalue weighted by Crippen LogP contribution is 2.17. The minimum absolute atomic E-state index is 0.0649. The summed E-state index contributed by atoms with van der Waals surface area (Å²) in [5, 5.41) is 0. The molecule has 1 atom stereocenters. The van der Waals surface area contributed by atoms with Gasteiger partial charge in [-0.25, -0.2) is 0 Å². The van der Waals surface area contributed by atoms with E-state index in [0.29, 0.717) is 13.0 Å². The average Bonchev–Trinajstić information content (AvgIpc) is 2.30. The molecule has 0 bridgehead atoms. The average molecular weight is 155 g/mol. The van der Waals surface area contributed by atoms with Crippen LogP contribution in [-0.4, -0.2) is 29.7 Å². The van der Waals surface area contributed by atoms with Gasteiger partial charge in [0.1, 0.15) is 6.29 Å². The predicted octanol–water partition coefficient (Wildman–Crippen LogP) is 0.442. The molecule has 0 aromatic rings. The van der Waals surface area contributed by atoms with Gasteiger partial charge in [0.05, 0.1) is 0 Å². The van der Waals surface area contributed by atoms with Crippen molar-refractivity contribution in [2.24, 2.45) is 5.92 Å². The first-order valence-electron chi connectivity index (χ1n) is 3.90. The van der Waals surface area contributed by atoms with Gasteiger partial charge in [-0.05, 0) is 13.8 Å². The minimum atomic E-state index is -0.0649. The third-order valence-electron chi connectivity index (χ3n) is 2.00. The monoisotopic (exact) mass is 155 g/mol. The lowest BCUT2D eigenvalue weighted by atomic mass is 10.1. The Morgan fingerprint density at radius 3 is 2.55 bits per heavy atom. The van der Waals surface area contributed by atoms with Crippen LogP contribution in [0.1, 0.15) is 20.3 Å². The highest BCUT2D eigenvalue weighted by atomic mass is 16.2. The number of carbonyl (C=O) groups excluding carboxylic acids is 2. The number of likely N-dealkylation sites (tertiary alicyclic amines) is 1. The molecule has 1 aliphatic rings. The zero-order valence-corrected chi connectivity index (χ0v) is 6.91. The summed E-state index contributed by atoms with van der Waals surface area (Å²) in [5.74, 6) is 0.0435. The van der Waals surface area contributed by atoms with Crippen molar-refractivity contribution in [2.75, 3.05) is 6.54 Å². The van der Waals surface area contributed by atoms with Crippen LogP contribution in [0.5, 0.6) is 0 Å². The highest BCUT2D eigenvalue weighted by molar-refractivity contribution is 5.82. The van der Waals surface area contributed by atoms with Crippen LogP contribution in [0, 0.1) is 5.92 Å². The van der Waals surface area contributed by atoms with E-state index in [-0.39, 0.29) is 17.9 Å². The molecule has 62 valence electrons. The molecule has 1 amide bonds. The normalized spacial score (nSPS) is 24.8. The van der Waals surface area contributed by atoms with E-state index in [1.165, 1.54) is 0 Å². The van der Waals surface area contributed by atoms with Crippen LogP contribution >= 0.6 is 0 Å². The van der Waals surface area contributed by atoms with Crippen LogP contribution in [-0.2, 0) is 9.59 Å². The fourth-order valence-electron chi connectivity index (χ4n) is 1.35. The van der Waals surface area contributed by atoms with Crippen molar-refractivity contribution in [2.45, 2.75) is 26.3 Å². The summed E-state index contributed by atoms with van der Waals surface area (Å²) in [6.07, 6.45) is 1.28. The first-order valence-corrected chi connectivity index (χ1v) is 3.90. The third kappa shape index (κ3) is 1.59. The molecule has 1 heterocycles. The van der Waals surface area contributed by atoms with Gasteiger partial charge in [-0.3, -0.25) is 4.79 Å². The summed E-state index contributed by atoms with van der Waals surface area (Å²) in [6, 6.07) is 0.229. The van der Waals surface area contributed by atoms with E-state index in [0.717, 1.165) is 6.29 Å². The summed E-state index contributed by atoms with van der Waals surface area (Å²) in [7, 11) is 0. The van der Waals surface area contributed by atoms with E-state index < -0.39 is 0 Å². The fraction of sp³-hybridized carbons (Fsp3) is 0.750. The molecule has 0 saturated carbocycles. The van der Waals surface area contributed by atoms with E-state index in [9.17, 15) is 9.59 Å². The second-order valence-corrected chi connectivity index (χ2v) is 3.24. The molecule has 1 saturated heterocycles. The summed E-state index contributed by atoms with van der Waals surface area (Å²) in [4.78, 5) is 23.2. The van der Waals surface area contributed by atoms with Crippen molar-refractivity contribution >= 4 is 12.2 Å². The third-order valence-corrected chi connectivity index (χ3v) is 2.00. The Bertz CT molecular complexity index is 177. The van der Waals surface area contributed by atoms with Crippen LogP contribution in [0.15, 0.2) is 0 Å². The molecule has 0 aromatic heterocycles.